The highest BCUT2D eigenvalue weighted by Gasteiger charge is 2.34. The molecule has 8 nitrogen and oxygen atoms in total. The number of aromatic amines is 1. The van der Waals surface area contributed by atoms with Gasteiger partial charge < -0.3 is 4.90 Å². The Labute approximate surface area is 214 Å². The Morgan fingerprint density at radius 1 is 1.11 bits per heavy atom. The number of aromatic nitrogens is 5. The van der Waals surface area contributed by atoms with Crippen molar-refractivity contribution in [3.63, 3.8) is 0 Å². The van der Waals surface area contributed by atoms with E-state index in [9.17, 15) is 4.39 Å². The maximum Gasteiger partial charge on any atom is 0.206 e. The molecule has 0 unspecified atom stereocenters. The summed E-state index contributed by atoms with van der Waals surface area (Å²) in [5.41, 5.74) is 1.45. The van der Waals surface area contributed by atoms with Crippen LogP contribution in [-0.4, -0.2) is 80.2 Å². The van der Waals surface area contributed by atoms with Crippen molar-refractivity contribution in [3.8, 4) is 11.4 Å². The number of pyridine rings is 1. The van der Waals surface area contributed by atoms with Crippen molar-refractivity contribution in [1.29, 1.82) is 0 Å². The van der Waals surface area contributed by atoms with E-state index in [0.717, 1.165) is 63.4 Å². The predicted octanol–water partition coefficient (Wildman–Crippen LogP) is 4.27. The highest BCUT2D eigenvalue weighted by Crippen LogP contribution is 2.31. The van der Waals surface area contributed by atoms with E-state index in [0.29, 0.717) is 40.1 Å². The first-order chi connectivity index (χ1) is 17.0. The summed E-state index contributed by atoms with van der Waals surface area (Å²) in [6.45, 7) is 7.54. The fourth-order valence-corrected chi connectivity index (χ4v) is 5.72. The lowest BCUT2D eigenvalue weighted by atomic mass is 9.97. The summed E-state index contributed by atoms with van der Waals surface area (Å²) >= 11 is 12.5. The number of hydrogen-bond donors (Lipinski definition) is 1. The summed E-state index contributed by atoms with van der Waals surface area (Å²) < 4.78 is 14.2. The van der Waals surface area contributed by atoms with Gasteiger partial charge in [0.05, 0.1) is 5.02 Å². The topological polar surface area (TPSA) is 77.1 Å². The van der Waals surface area contributed by atoms with Crippen molar-refractivity contribution in [2.75, 3.05) is 37.6 Å². The number of hydrogen-bond acceptors (Lipinski definition) is 7. The number of halogens is 3. The first kappa shape index (κ1) is 24.4. The van der Waals surface area contributed by atoms with Gasteiger partial charge in [0, 0.05) is 60.6 Å². The molecule has 2 aromatic heterocycles. The van der Waals surface area contributed by atoms with E-state index in [4.69, 9.17) is 23.2 Å². The number of likely N-dealkylation sites (tertiary alicyclic amines) is 1. The third-order valence-electron chi connectivity index (χ3n) is 7.16. The maximum absolute atomic E-state index is 14.2. The number of piperazine rings is 1. The molecule has 2 saturated heterocycles. The van der Waals surface area contributed by atoms with Crippen LogP contribution in [-0.2, 0) is 6.54 Å². The van der Waals surface area contributed by atoms with Crippen LogP contribution in [0.1, 0.15) is 31.7 Å². The molecule has 0 spiro atoms. The number of tetrazole rings is 1. The van der Waals surface area contributed by atoms with Crippen LogP contribution in [0.4, 0.5) is 10.2 Å². The molecule has 1 atom stereocenters. The first-order valence-corrected chi connectivity index (χ1v) is 12.8. The van der Waals surface area contributed by atoms with Crippen molar-refractivity contribution in [1.82, 2.24) is 35.4 Å². The van der Waals surface area contributed by atoms with Crippen molar-refractivity contribution >= 4 is 29.0 Å². The van der Waals surface area contributed by atoms with E-state index >= 15 is 0 Å². The van der Waals surface area contributed by atoms with Crippen LogP contribution in [0.25, 0.3) is 11.4 Å². The van der Waals surface area contributed by atoms with Crippen molar-refractivity contribution < 1.29 is 4.39 Å². The number of nitrogens with one attached hydrogen (secondary N) is 1. The molecule has 0 saturated carbocycles. The molecular formula is C24H29Cl2FN8. The van der Waals surface area contributed by atoms with Gasteiger partial charge in [0.1, 0.15) is 11.6 Å². The molecule has 35 heavy (non-hydrogen) atoms. The lowest BCUT2D eigenvalue weighted by Crippen LogP contribution is -2.58. The summed E-state index contributed by atoms with van der Waals surface area (Å²) in [6.07, 6.45) is 4.98. The molecular weight excluding hydrogens is 490 g/mol. The Hall–Kier alpha value is -2.33. The van der Waals surface area contributed by atoms with Gasteiger partial charge in [-0.05, 0) is 55.8 Å². The highest BCUT2D eigenvalue weighted by atomic mass is 35.5. The zero-order valence-electron chi connectivity index (χ0n) is 19.7. The lowest BCUT2D eigenvalue weighted by Gasteiger charge is -2.47. The summed E-state index contributed by atoms with van der Waals surface area (Å²) in [4.78, 5) is 11.9. The second-order valence-corrected chi connectivity index (χ2v) is 10.1. The molecule has 0 radical (unpaired) electrons. The molecule has 0 bridgehead atoms. The smallest absolute Gasteiger partial charge is 0.206 e. The Balaban J connectivity index is 1.19. The van der Waals surface area contributed by atoms with Gasteiger partial charge in [-0.3, -0.25) is 9.80 Å². The SMILES string of the molecule is CC[C@H]1CN(c2ncc(-c3nn[nH]n3)cc2Cl)CCN1C1CCN(Cc2ccc(Cl)cc2F)CC1. The molecule has 4 heterocycles. The lowest BCUT2D eigenvalue weighted by molar-refractivity contribution is 0.0607. The molecule has 2 aliphatic heterocycles. The summed E-state index contributed by atoms with van der Waals surface area (Å²) in [7, 11) is 0. The van der Waals surface area contributed by atoms with Crippen LogP contribution >= 0.6 is 23.2 Å². The minimum atomic E-state index is -0.223. The number of benzene rings is 1. The third-order valence-corrected chi connectivity index (χ3v) is 7.67. The minimum absolute atomic E-state index is 0.223. The summed E-state index contributed by atoms with van der Waals surface area (Å²) in [5, 5.41) is 15.1. The fourth-order valence-electron chi connectivity index (χ4n) is 5.28. The van der Waals surface area contributed by atoms with E-state index in [-0.39, 0.29) is 5.82 Å². The molecule has 5 rings (SSSR count). The van der Waals surface area contributed by atoms with Crippen molar-refractivity contribution in [2.45, 2.75) is 44.8 Å². The summed E-state index contributed by atoms with van der Waals surface area (Å²) in [5.74, 6) is 1.06. The molecule has 0 amide bonds. The quantitative estimate of drug-likeness (QED) is 0.521. The molecule has 2 fully saturated rings. The molecule has 11 heteroatoms. The van der Waals surface area contributed by atoms with Gasteiger partial charge in [-0.2, -0.15) is 5.21 Å². The molecule has 2 aliphatic rings. The van der Waals surface area contributed by atoms with E-state index in [1.807, 2.05) is 6.07 Å². The average molecular weight is 519 g/mol. The summed E-state index contributed by atoms with van der Waals surface area (Å²) in [6, 6.07) is 7.78. The van der Waals surface area contributed by atoms with Crippen LogP contribution in [0.15, 0.2) is 30.5 Å². The van der Waals surface area contributed by atoms with E-state index in [2.05, 4.69) is 47.2 Å². The normalized spacial score (nSPS) is 20.5. The van der Waals surface area contributed by atoms with Crippen LogP contribution in [0.5, 0.6) is 0 Å². The average Bonchev–Trinajstić information content (AvgIpc) is 3.41. The Kier molecular flexibility index (Phi) is 7.48. The molecule has 0 aliphatic carbocycles. The predicted molar refractivity (Wildman–Crippen MR) is 135 cm³/mol. The Morgan fingerprint density at radius 2 is 1.94 bits per heavy atom. The second-order valence-electron chi connectivity index (χ2n) is 9.25. The zero-order chi connectivity index (χ0) is 24.4. The second kappa shape index (κ2) is 10.7. The number of piperidine rings is 1. The zero-order valence-corrected chi connectivity index (χ0v) is 21.2. The number of rotatable bonds is 6. The molecule has 1 aromatic carbocycles. The molecule has 186 valence electrons. The van der Waals surface area contributed by atoms with Crippen LogP contribution in [0, 0.1) is 5.82 Å². The highest BCUT2D eigenvalue weighted by molar-refractivity contribution is 6.33. The van der Waals surface area contributed by atoms with Crippen LogP contribution in [0.3, 0.4) is 0 Å². The maximum atomic E-state index is 14.2. The van der Waals surface area contributed by atoms with Crippen molar-refractivity contribution in [2.24, 2.45) is 0 Å². The van der Waals surface area contributed by atoms with Crippen LogP contribution in [0.2, 0.25) is 10.0 Å². The van der Waals surface area contributed by atoms with Gasteiger partial charge in [-0.15, -0.1) is 10.2 Å². The number of H-pyrrole nitrogens is 1. The third kappa shape index (κ3) is 5.43. The van der Waals surface area contributed by atoms with Crippen LogP contribution < -0.4 is 4.90 Å². The van der Waals surface area contributed by atoms with Gasteiger partial charge >= 0.3 is 0 Å². The number of nitrogens with zero attached hydrogens (tertiary/aromatic N) is 7. The van der Waals surface area contributed by atoms with Gasteiger partial charge in [0.2, 0.25) is 5.82 Å². The van der Waals surface area contributed by atoms with E-state index < -0.39 is 0 Å². The molecule has 1 N–H and O–H groups in total. The Morgan fingerprint density at radius 3 is 2.63 bits per heavy atom. The number of anilines is 1. The van der Waals surface area contributed by atoms with E-state index in [1.54, 1.807) is 18.3 Å². The van der Waals surface area contributed by atoms with Gasteiger partial charge in [-0.25, -0.2) is 9.37 Å². The first-order valence-electron chi connectivity index (χ1n) is 12.1. The minimum Gasteiger partial charge on any atom is -0.353 e. The standard InChI is InChI=1S/C24H29Cl2FN8/c1-2-19-15-34(24-21(26)11-17(13-28-24)23-29-31-32-30-23)9-10-35(19)20-5-7-33(8-6-20)14-16-3-4-18(25)12-22(16)27/h3-4,11-13,19-20H,2,5-10,14-15H2,1H3,(H,29,30,31,32)/t19-/m0/s1. The van der Waals surface area contributed by atoms with Crippen molar-refractivity contribution in [3.05, 3.63) is 51.9 Å². The van der Waals surface area contributed by atoms with Gasteiger partial charge in [0.25, 0.3) is 0 Å². The Bertz CT molecular complexity index is 1140. The fraction of sp³-hybridized carbons (Fsp3) is 0.500. The van der Waals surface area contributed by atoms with E-state index in [1.165, 1.54) is 6.07 Å². The monoisotopic (exact) mass is 518 g/mol. The van der Waals surface area contributed by atoms with Gasteiger partial charge in [-0.1, -0.05) is 36.2 Å². The van der Waals surface area contributed by atoms with Gasteiger partial charge in [0.15, 0.2) is 0 Å². The molecule has 3 aromatic rings. The largest absolute Gasteiger partial charge is 0.353 e.